The number of anilines is 1. The zero-order chi connectivity index (χ0) is 26.0. The van der Waals surface area contributed by atoms with Crippen LogP contribution in [0.5, 0.6) is 11.5 Å². The van der Waals surface area contributed by atoms with E-state index < -0.39 is 17.6 Å². The Morgan fingerprint density at radius 3 is 2.32 bits per heavy atom. The summed E-state index contributed by atoms with van der Waals surface area (Å²) in [4.78, 5) is 37.1. The molecule has 0 unspecified atom stereocenters. The first-order chi connectivity index (χ1) is 17.8. The molecule has 1 amide bonds. The summed E-state index contributed by atoms with van der Waals surface area (Å²) >= 11 is 0. The lowest BCUT2D eigenvalue weighted by molar-refractivity contribution is -0.137. The number of para-hydroxylation sites is 1. The monoisotopic (exact) mass is 504 g/mol. The number of amides is 1. The van der Waals surface area contributed by atoms with E-state index in [4.69, 9.17) is 4.74 Å². The van der Waals surface area contributed by atoms with Crippen LogP contribution in [0, 0.1) is 0 Å². The number of aliphatic imine (C=N–C) groups is 1. The second-order valence-electron chi connectivity index (χ2n) is 8.27. The first-order valence-electron chi connectivity index (χ1n) is 11.3. The SMILES string of the molecule is O=C(Nc1nc2c(C(=O)CC3=NC=CC3)cccc2[nH]1)c1ccc(Oc2ccc(C(F)(F)F)cc2)cc1. The number of rotatable bonds is 7. The number of ether oxygens (including phenoxy) is 1. The van der Waals surface area contributed by atoms with Gasteiger partial charge in [0.2, 0.25) is 5.95 Å². The molecule has 0 bridgehead atoms. The molecule has 0 fully saturated rings. The number of hydrogen-bond acceptors (Lipinski definition) is 5. The van der Waals surface area contributed by atoms with E-state index in [9.17, 15) is 22.8 Å². The van der Waals surface area contributed by atoms with Gasteiger partial charge in [-0.1, -0.05) is 12.1 Å². The first-order valence-corrected chi connectivity index (χ1v) is 11.3. The van der Waals surface area contributed by atoms with Crippen molar-refractivity contribution in [2.24, 2.45) is 4.99 Å². The van der Waals surface area contributed by atoms with Crippen molar-refractivity contribution in [3.63, 3.8) is 0 Å². The number of nitrogens with one attached hydrogen (secondary N) is 2. The molecule has 0 saturated heterocycles. The summed E-state index contributed by atoms with van der Waals surface area (Å²) in [7, 11) is 0. The van der Waals surface area contributed by atoms with Crippen LogP contribution in [0.25, 0.3) is 11.0 Å². The number of carbonyl (C=O) groups is 2. The van der Waals surface area contributed by atoms with E-state index in [1.807, 2.05) is 6.08 Å². The lowest BCUT2D eigenvalue weighted by Crippen LogP contribution is -2.12. The van der Waals surface area contributed by atoms with E-state index in [-0.39, 0.29) is 23.9 Å². The molecule has 0 saturated carbocycles. The number of fused-ring (bicyclic) bond motifs is 1. The molecule has 1 aromatic heterocycles. The molecule has 1 aliphatic rings. The van der Waals surface area contributed by atoms with Crippen molar-refractivity contribution in [3.05, 3.63) is 95.7 Å². The van der Waals surface area contributed by atoms with Crippen LogP contribution in [0.1, 0.15) is 39.1 Å². The molecule has 4 aromatic rings. The summed E-state index contributed by atoms with van der Waals surface area (Å²) in [6.07, 6.45) is -0.0101. The predicted octanol–water partition coefficient (Wildman–Crippen LogP) is 6.56. The van der Waals surface area contributed by atoms with Gasteiger partial charge in [-0.15, -0.1) is 0 Å². The van der Waals surface area contributed by atoms with Crippen molar-refractivity contribution in [2.45, 2.75) is 19.0 Å². The van der Waals surface area contributed by atoms with Gasteiger partial charge < -0.3 is 9.72 Å². The Balaban J connectivity index is 1.25. The second-order valence-corrected chi connectivity index (χ2v) is 8.27. The fraction of sp³-hybridized carbons (Fsp3) is 0.111. The topological polar surface area (TPSA) is 96.4 Å². The minimum atomic E-state index is -4.42. The third-order valence-corrected chi connectivity index (χ3v) is 5.66. The number of imidazole rings is 1. The Bertz CT molecular complexity index is 1540. The number of ketones is 1. The largest absolute Gasteiger partial charge is 0.457 e. The van der Waals surface area contributed by atoms with Crippen molar-refractivity contribution in [1.29, 1.82) is 0 Å². The fourth-order valence-corrected chi connectivity index (χ4v) is 3.82. The third-order valence-electron chi connectivity index (χ3n) is 5.66. The molecule has 5 rings (SSSR count). The first kappa shape index (κ1) is 24.0. The zero-order valence-corrected chi connectivity index (χ0v) is 19.2. The number of alkyl halides is 3. The van der Waals surface area contributed by atoms with E-state index in [1.165, 1.54) is 36.4 Å². The van der Waals surface area contributed by atoms with Crippen molar-refractivity contribution in [3.8, 4) is 11.5 Å². The van der Waals surface area contributed by atoms with Crippen LogP contribution in [-0.2, 0) is 6.18 Å². The number of hydrogen-bond donors (Lipinski definition) is 2. The molecule has 0 spiro atoms. The van der Waals surface area contributed by atoms with Crippen LogP contribution in [0.3, 0.4) is 0 Å². The van der Waals surface area contributed by atoms with Gasteiger partial charge in [-0.05, 0) is 60.7 Å². The van der Waals surface area contributed by atoms with Gasteiger partial charge in [0.25, 0.3) is 5.91 Å². The van der Waals surface area contributed by atoms with Crippen molar-refractivity contribution < 1.29 is 27.5 Å². The molecule has 3 aromatic carbocycles. The highest BCUT2D eigenvalue weighted by Gasteiger charge is 2.30. The Morgan fingerprint density at radius 1 is 0.973 bits per heavy atom. The minimum Gasteiger partial charge on any atom is -0.457 e. The average molecular weight is 504 g/mol. The summed E-state index contributed by atoms with van der Waals surface area (Å²) in [6, 6.07) is 15.6. The normalized spacial score (nSPS) is 13.0. The van der Waals surface area contributed by atoms with E-state index in [2.05, 4.69) is 20.3 Å². The molecular weight excluding hydrogens is 485 g/mol. The molecular formula is C27H19F3N4O3. The molecule has 10 heteroatoms. The Hall–Kier alpha value is -4.73. The van der Waals surface area contributed by atoms with Gasteiger partial charge in [-0.2, -0.15) is 13.2 Å². The number of halogens is 3. The lowest BCUT2D eigenvalue weighted by Gasteiger charge is -2.09. The van der Waals surface area contributed by atoms with E-state index >= 15 is 0 Å². The van der Waals surface area contributed by atoms with E-state index in [0.717, 1.165) is 17.8 Å². The van der Waals surface area contributed by atoms with Gasteiger partial charge in [0.15, 0.2) is 5.78 Å². The maximum absolute atomic E-state index is 12.8. The van der Waals surface area contributed by atoms with Crippen LogP contribution < -0.4 is 10.1 Å². The standard InChI is InChI=1S/C27H19F3N4O3/c28-27(29,30)17-8-12-20(13-9-17)37-19-10-6-16(7-11-19)25(36)34-26-32-22-5-1-4-21(24(22)33-26)23(35)15-18-3-2-14-31-18/h1-2,4-14H,3,15H2,(H2,32,33,34,36). The third kappa shape index (κ3) is 5.43. The number of allylic oxidation sites excluding steroid dienone is 1. The van der Waals surface area contributed by atoms with Gasteiger partial charge in [0, 0.05) is 35.9 Å². The maximum atomic E-state index is 12.8. The quantitative estimate of drug-likeness (QED) is 0.279. The summed E-state index contributed by atoms with van der Waals surface area (Å²) in [5.74, 6) is 0.213. The van der Waals surface area contributed by atoms with Crippen molar-refractivity contribution >= 4 is 34.4 Å². The fourth-order valence-electron chi connectivity index (χ4n) is 3.82. The van der Waals surface area contributed by atoms with E-state index in [0.29, 0.717) is 34.3 Å². The zero-order valence-electron chi connectivity index (χ0n) is 19.2. The molecule has 1 aliphatic heterocycles. The van der Waals surface area contributed by atoms with Gasteiger partial charge in [-0.3, -0.25) is 19.9 Å². The Labute approximate surface area is 208 Å². The Kier molecular flexibility index (Phi) is 6.31. The number of H-pyrrole nitrogens is 1. The highest BCUT2D eigenvalue weighted by Crippen LogP contribution is 2.31. The Morgan fingerprint density at radius 2 is 1.68 bits per heavy atom. The lowest BCUT2D eigenvalue weighted by atomic mass is 10.0. The summed E-state index contributed by atoms with van der Waals surface area (Å²) in [6.45, 7) is 0. The number of aromatic nitrogens is 2. The van der Waals surface area contributed by atoms with Crippen LogP contribution in [0.15, 0.2) is 84.0 Å². The van der Waals surface area contributed by atoms with Crippen LogP contribution in [0.4, 0.5) is 19.1 Å². The molecule has 37 heavy (non-hydrogen) atoms. The highest BCUT2D eigenvalue weighted by molar-refractivity contribution is 6.15. The van der Waals surface area contributed by atoms with Gasteiger partial charge >= 0.3 is 6.18 Å². The molecule has 0 radical (unpaired) electrons. The van der Waals surface area contributed by atoms with Gasteiger partial charge in [0.05, 0.1) is 11.1 Å². The molecule has 0 aliphatic carbocycles. The maximum Gasteiger partial charge on any atom is 0.416 e. The predicted molar refractivity (Wildman–Crippen MR) is 132 cm³/mol. The van der Waals surface area contributed by atoms with Gasteiger partial charge in [-0.25, -0.2) is 4.98 Å². The smallest absolute Gasteiger partial charge is 0.416 e. The van der Waals surface area contributed by atoms with Crippen molar-refractivity contribution in [1.82, 2.24) is 9.97 Å². The van der Waals surface area contributed by atoms with Crippen LogP contribution in [0.2, 0.25) is 0 Å². The summed E-state index contributed by atoms with van der Waals surface area (Å²) in [5.41, 5.74) is 1.82. The minimum absolute atomic E-state index is 0.110. The number of Topliss-reactive ketones (excluding diaryl/α,β-unsaturated/α-hetero) is 1. The van der Waals surface area contributed by atoms with E-state index in [1.54, 1.807) is 24.4 Å². The molecule has 2 heterocycles. The van der Waals surface area contributed by atoms with Crippen LogP contribution in [-0.4, -0.2) is 27.4 Å². The van der Waals surface area contributed by atoms with Crippen LogP contribution >= 0.6 is 0 Å². The molecule has 2 N–H and O–H groups in total. The highest BCUT2D eigenvalue weighted by atomic mass is 19.4. The van der Waals surface area contributed by atoms with Crippen molar-refractivity contribution in [2.75, 3.05) is 5.32 Å². The number of nitrogens with zero attached hydrogens (tertiary/aromatic N) is 2. The number of aromatic amines is 1. The molecule has 7 nitrogen and oxygen atoms in total. The summed E-state index contributed by atoms with van der Waals surface area (Å²) < 4.78 is 43.7. The molecule has 186 valence electrons. The number of benzene rings is 3. The summed E-state index contributed by atoms with van der Waals surface area (Å²) in [5, 5.41) is 2.68. The van der Waals surface area contributed by atoms with Gasteiger partial charge in [0.1, 0.15) is 17.0 Å². The molecule has 0 atom stereocenters. The second kappa shape index (κ2) is 9.73. The average Bonchev–Trinajstić information content (AvgIpc) is 3.53. The number of carbonyl (C=O) groups excluding carboxylic acids is 2.